The molecule has 0 aliphatic carbocycles. The molecule has 2 atom stereocenters. The van der Waals surface area contributed by atoms with E-state index in [9.17, 15) is 5.11 Å². The predicted octanol–water partition coefficient (Wildman–Crippen LogP) is 1.14. The van der Waals surface area contributed by atoms with Gasteiger partial charge < -0.3 is 9.84 Å². The summed E-state index contributed by atoms with van der Waals surface area (Å²) in [6, 6.07) is 0. The Morgan fingerprint density at radius 1 is 1.69 bits per heavy atom. The Morgan fingerprint density at radius 3 is 2.69 bits per heavy atom. The van der Waals surface area contributed by atoms with Gasteiger partial charge >= 0.3 is 0 Å². The largest absolute Gasteiger partial charge is 0.384 e. The van der Waals surface area contributed by atoms with Crippen LogP contribution in [0.25, 0.3) is 0 Å². The molecule has 0 aromatic carbocycles. The molecule has 13 heavy (non-hydrogen) atoms. The summed E-state index contributed by atoms with van der Waals surface area (Å²) in [7, 11) is 3.27. The summed E-state index contributed by atoms with van der Waals surface area (Å²) in [5.74, 6) is 0. The van der Waals surface area contributed by atoms with Crippen molar-refractivity contribution in [2.75, 3.05) is 7.11 Å². The lowest BCUT2D eigenvalue weighted by Gasteiger charge is -2.17. The van der Waals surface area contributed by atoms with Crippen LogP contribution in [0.4, 0.5) is 0 Å². The number of hydrogen-bond acceptors (Lipinski definition) is 3. The molecule has 0 saturated carbocycles. The number of nitrogens with zero attached hydrogens (tertiary/aromatic N) is 2. The molecule has 2 unspecified atom stereocenters. The minimum absolute atomic E-state index is 0.298. The number of hydrogen-bond donors (Lipinski definition) is 1. The molecule has 1 rings (SSSR count). The molecule has 1 aromatic rings. The van der Waals surface area contributed by atoms with Gasteiger partial charge in [0.05, 0.1) is 23.0 Å². The fraction of sp³-hybridized carbons (Fsp3) is 0.625. The molecule has 0 fully saturated rings. The number of aromatic nitrogens is 2. The minimum atomic E-state index is -0.745. The highest BCUT2D eigenvalue weighted by Crippen LogP contribution is 2.25. The van der Waals surface area contributed by atoms with Crippen LogP contribution in [0.1, 0.15) is 18.7 Å². The third-order valence-electron chi connectivity index (χ3n) is 2.03. The van der Waals surface area contributed by atoms with Crippen molar-refractivity contribution in [1.29, 1.82) is 0 Å². The van der Waals surface area contributed by atoms with Gasteiger partial charge in [-0.2, -0.15) is 5.10 Å². The zero-order chi connectivity index (χ0) is 10.0. The standard InChI is InChI=1S/C8H13ClN2O2/c1-5(13-3)8(12)7-6(9)4-10-11(7)2/h4-5,8,12H,1-3H3. The van der Waals surface area contributed by atoms with E-state index in [4.69, 9.17) is 16.3 Å². The second kappa shape index (κ2) is 4.09. The topological polar surface area (TPSA) is 47.3 Å². The quantitative estimate of drug-likeness (QED) is 0.804. The first-order chi connectivity index (χ1) is 6.07. The van der Waals surface area contributed by atoms with Crippen LogP contribution in [-0.2, 0) is 11.8 Å². The second-order valence-corrected chi connectivity index (χ2v) is 3.29. The number of aliphatic hydroxyl groups excluding tert-OH is 1. The van der Waals surface area contributed by atoms with Gasteiger partial charge in [0.2, 0.25) is 0 Å². The summed E-state index contributed by atoms with van der Waals surface area (Å²) in [6.07, 6.45) is 0.459. The van der Waals surface area contributed by atoms with Gasteiger partial charge in [0.25, 0.3) is 0 Å². The minimum Gasteiger partial charge on any atom is -0.384 e. The predicted molar refractivity (Wildman–Crippen MR) is 49.6 cm³/mol. The van der Waals surface area contributed by atoms with Crippen molar-refractivity contribution in [2.45, 2.75) is 19.1 Å². The summed E-state index contributed by atoms with van der Waals surface area (Å²) in [4.78, 5) is 0. The lowest BCUT2D eigenvalue weighted by Crippen LogP contribution is -2.19. The maximum atomic E-state index is 9.77. The van der Waals surface area contributed by atoms with Gasteiger partial charge in [-0.25, -0.2) is 0 Å². The molecule has 0 amide bonds. The van der Waals surface area contributed by atoms with E-state index < -0.39 is 6.10 Å². The van der Waals surface area contributed by atoms with Gasteiger partial charge in [-0.15, -0.1) is 0 Å². The Balaban J connectivity index is 2.93. The fourth-order valence-corrected chi connectivity index (χ4v) is 1.38. The van der Waals surface area contributed by atoms with Gasteiger partial charge in [-0.1, -0.05) is 11.6 Å². The van der Waals surface area contributed by atoms with Crippen molar-refractivity contribution in [3.8, 4) is 0 Å². The van der Waals surface area contributed by atoms with E-state index in [2.05, 4.69) is 5.10 Å². The van der Waals surface area contributed by atoms with Gasteiger partial charge in [0.15, 0.2) is 0 Å². The Bertz CT molecular complexity index is 268. The third-order valence-corrected chi connectivity index (χ3v) is 2.33. The van der Waals surface area contributed by atoms with Crippen molar-refractivity contribution >= 4 is 11.6 Å². The van der Waals surface area contributed by atoms with E-state index in [0.29, 0.717) is 10.7 Å². The number of aliphatic hydroxyl groups is 1. The lowest BCUT2D eigenvalue weighted by atomic mass is 10.1. The fourth-order valence-electron chi connectivity index (χ4n) is 1.10. The first kappa shape index (κ1) is 10.5. The zero-order valence-electron chi connectivity index (χ0n) is 7.86. The van der Waals surface area contributed by atoms with Crippen LogP contribution in [0.2, 0.25) is 5.02 Å². The van der Waals surface area contributed by atoms with Crippen LogP contribution in [0.5, 0.6) is 0 Å². The molecule has 1 aromatic heterocycles. The van der Waals surface area contributed by atoms with E-state index in [1.54, 1.807) is 18.7 Å². The molecule has 0 aliphatic rings. The van der Waals surface area contributed by atoms with Gasteiger partial charge in [0.1, 0.15) is 6.10 Å². The van der Waals surface area contributed by atoms with Crippen molar-refractivity contribution in [3.05, 3.63) is 16.9 Å². The van der Waals surface area contributed by atoms with Crippen molar-refractivity contribution < 1.29 is 9.84 Å². The van der Waals surface area contributed by atoms with Crippen LogP contribution in [0.15, 0.2) is 6.20 Å². The monoisotopic (exact) mass is 204 g/mol. The number of rotatable bonds is 3. The van der Waals surface area contributed by atoms with Crippen LogP contribution in [-0.4, -0.2) is 28.1 Å². The number of ether oxygens (including phenoxy) is 1. The maximum absolute atomic E-state index is 9.77. The summed E-state index contributed by atoms with van der Waals surface area (Å²) < 4.78 is 6.54. The van der Waals surface area contributed by atoms with Crippen LogP contribution >= 0.6 is 11.6 Å². The molecular weight excluding hydrogens is 192 g/mol. The van der Waals surface area contributed by atoms with Crippen molar-refractivity contribution in [1.82, 2.24) is 9.78 Å². The molecule has 0 bridgehead atoms. The van der Waals surface area contributed by atoms with Crippen molar-refractivity contribution in [3.63, 3.8) is 0 Å². The highest BCUT2D eigenvalue weighted by molar-refractivity contribution is 6.31. The smallest absolute Gasteiger partial charge is 0.123 e. The van der Waals surface area contributed by atoms with E-state index in [-0.39, 0.29) is 6.10 Å². The Kier molecular flexibility index (Phi) is 3.30. The summed E-state index contributed by atoms with van der Waals surface area (Å²) in [6.45, 7) is 1.77. The van der Waals surface area contributed by atoms with Crippen LogP contribution in [0.3, 0.4) is 0 Å². The zero-order valence-corrected chi connectivity index (χ0v) is 8.62. The van der Waals surface area contributed by atoms with Crippen molar-refractivity contribution in [2.24, 2.45) is 7.05 Å². The van der Waals surface area contributed by atoms with E-state index in [0.717, 1.165) is 0 Å². The van der Waals surface area contributed by atoms with E-state index in [1.165, 1.54) is 13.3 Å². The van der Waals surface area contributed by atoms with Crippen LogP contribution < -0.4 is 0 Å². The van der Waals surface area contributed by atoms with E-state index in [1.807, 2.05) is 0 Å². The molecule has 0 spiro atoms. The molecule has 74 valence electrons. The second-order valence-electron chi connectivity index (χ2n) is 2.89. The highest BCUT2D eigenvalue weighted by atomic mass is 35.5. The van der Waals surface area contributed by atoms with Gasteiger partial charge in [0, 0.05) is 14.2 Å². The lowest BCUT2D eigenvalue weighted by molar-refractivity contribution is -0.00537. The van der Waals surface area contributed by atoms with Gasteiger partial charge in [-0.05, 0) is 6.92 Å². The molecule has 0 aliphatic heterocycles. The first-order valence-electron chi connectivity index (χ1n) is 3.96. The third kappa shape index (κ3) is 2.02. The summed E-state index contributed by atoms with van der Waals surface area (Å²) >= 11 is 5.84. The van der Waals surface area contributed by atoms with Crippen LogP contribution in [0, 0.1) is 0 Å². The molecule has 5 heteroatoms. The number of halogens is 1. The Labute approximate surface area is 82.1 Å². The average Bonchev–Trinajstić information content (AvgIpc) is 2.44. The van der Waals surface area contributed by atoms with Gasteiger partial charge in [-0.3, -0.25) is 4.68 Å². The summed E-state index contributed by atoms with van der Waals surface area (Å²) in [5, 5.41) is 14.1. The molecule has 4 nitrogen and oxygen atoms in total. The highest BCUT2D eigenvalue weighted by Gasteiger charge is 2.22. The molecule has 1 heterocycles. The molecular formula is C8H13ClN2O2. The first-order valence-corrected chi connectivity index (χ1v) is 4.34. The SMILES string of the molecule is COC(C)C(O)c1c(Cl)cnn1C. The number of aryl methyl sites for hydroxylation is 1. The normalized spacial score (nSPS) is 15.8. The summed E-state index contributed by atoms with van der Waals surface area (Å²) in [5.41, 5.74) is 0.580. The maximum Gasteiger partial charge on any atom is 0.123 e. The van der Waals surface area contributed by atoms with E-state index >= 15 is 0 Å². The molecule has 0 radical (unpaired) electrons. The molecule has 1 N–H and O–H groups in total. The Hall–Kier alpha value is -0.580. The Morgan fingerprint density at radius 2 is 2.31 bits per heavy atom. The number of methoxy groups -OCH3 is 1. The average molecular weight is 205 g/mol. The molecule has 0 saturated heterocycles.